The van der Waals surface area contributed by atoms with E-state index in [-0.39, 0.29) is 6.10 Å². The highest BCUT2D eigenvalue weighted by molar-refractivity contribution is 4.80. The predicted octanol–water partition coefficient (Wildman–Crippen LogP) is 1.57. The molecule has 1 unspecified atom stereocenters. The summed E-state index contributed by atoms with van der Waals surface area (Å²) >= 11 is 0. The Kier molecular flexibility index (Phi) is 2.66. The molecule has 2 aliphatic carbocycles. The molecule has 0 aliphatic heterocycles. The largest absolute Gasteiger partial charge is 0.390 e. The first-order chi connectivity index (χ1) is 5.86. The number of aliphatic hydroxyl groups excluding tert-OH is 1. The molecule has 2 nitrogen and oxygen atoms in total. The molecule has 2 rings (SSSR count). The van der Waals surface area contributed by atoms with E-state index in [1.165, 1.54) is 32.1 Å². The lowest BCUT2D eigenvalue weighted by atomic mass is 10.2. The molecule has 2 heteroatoms. The van der Waals surface area contributed by atoms with E-state index >= 15 is 0 Å². The van der Waals surface area contributed by atoms with Crippen molar-refractivity contribution >= 4 is 0 Å². The van der Waals surface area contributed by atoms with E-state index in [2.05, 4.69) is 0 Å². The van der Waals surface area contributed by atoms with Gasteiger partial charge in [0.2, 0.25) is 0 Å². The molecule has 0 bridgehead atoms. The van der Waals surface area contributed by atoms with Crippen molar-refractivity contribution in [3.63, 3.8) is 0 Å². The Balaban J connectivity index is 1.44. The Morgan fingerprint density at radius 1 is 1.25 bits per heavy atom. The molecule has 0 heterocycles. The van der Waals surface area contributed by atoms with E-state index in [0.29, 0.717) is 12.5 Å². The molecule has 0 aromatic heterocycles. The van der Waals surface area contributed by atoms with Crippen LogP contribution in [-0.2, 0) is 4.74 Å². The van der Waals surface area contributed by atoms with E-state index in [9.17, 15) is 5.11 Å². The molecule has 70 valence electrons. The predicted molar refractivity (Wildman–Crippen MR) is 46.9 cm³/mol. The maximum atomic E-state index is 9.44. The Labute approximate surface area is 73.9 Å². The molecule has 2 saturated carbocycles. The molecule has 0 aromatic carbocycles. The first-order valence-corrected chi connectivity index (χ1v) is 5.12. The van der Waals surface area contributed by atoms with E-state index in [0.717, 1.165) is 12.5 Å². The minimum atomic E-state index is -0.177. The van der Waals surface area contributed by atoms with Gasteiger partial charge in [0, 0.05) is 6.61 Å². The highest BCUT2D eigenvalue weighted by Gasteiger charge is 2.29. The molecule has 1 atom stereocenters. The van der Waals surface area contributed by atoms with E-state index in [1.807, 2.05) is 0 Å². The summed E-state index contributed by atoms with van der Waals surface area (Å²) in [6.07, 6.45) is 6.23. The lowest BCUT2D eigenvalue weighted by Crippen LogP contribution is -2.17. The van der Waals surface area contributed by atoms with Crippen molar-refractivity contribution in [1.82, 2.24) is 0 Å². The van der Waals surface area contributed by atoms with Crippen molar-refractivity contribution in [1.29, 1.82) is 0 Å². The topological polar surface area (TPSA) is 29.5 Å². The van der Waals surface area contributed by atoms with Gasteiger partial charge in [-0.2, -0.15) is 0 Å². The molecule has 0 radical (unpaired) electrons. The number of ether oxygens (including phenoxy) is 1. The molecule has 0 amide bonds. The van der Waals surface area contributed by atoms with Gasteiger partial charge >= 0.3 is 0 Å². The molecule has 0 spiro atoms. The van der Waals surface area contributed by atoms with Gasteiger partial charge in [-0.25, -0.2) is 0 Å². The first kappa shape index (κ1) is 8.52. The molecule has 0 aromatic rings. The average Bonchev–Trinajstić information content (AvgIpc) is 2.85. The van der Waals surface area contributed by atoms with Crippen LogP contribution in [0.2, 0.25) is 0 Å². The first-order valence-electron chi connectivity index (χ1n) is 5.12. The summed E-state index contributed by atoms with van der Waals surface area (Å²) < 4.78 is 5.40. The molecular weight excluding hydrogens is 152 g/mol. The van der Waals surface area contributed by atoms with Gasteiger partial charge in [-0.15, -0.1) is 0 Å². The van der Waals surface area contributed by atoms with Gasteiger partial charge in [0.15, 0.2) is 0 Å². The zero-order valence-corrected chi connectivity index (χ0v) is 7.54. The van der Waals surface area contributed by atoms with E-state index < -0.39 is 0 Å². The highest BCUT2D eigenvalue weighted by Crippen LogP contribution is 2.33. The van der Waals surface area contributed by atoms with Gasteiger partial charge in [0.05, 0.1) is 12.7 Å². The quantitative estimate of drug-likeness (QED) is 0.613. The SMILES string of the molecule is OC(COCCC1CC1)C1CC1. The van der Waals surface area contributed by atoms with E-state index in [4.69, 9.17) is 4.74 Å². The van der Waals surface area contributed by atoms with Crippen LogP contribution in [0, 0.1) is 11.8 Å². The summed E-state index contributed by atoms with van der Waals surface area (Å²) in [6, 6.07) is 0. The van der Waals surface area contributed by atoms with Gasteiger partial charge in [0.1, 0.15) is 0 Å². The Bertz CT molecular complexity index is 139. The zero-order valence-electron chi connectivity index (χ0n) is 7.54. The Morgan fingerprint density at radius 3 is 2.58 bits per heavy atom. The normalized spacial score (nSPS) is 25.8. The molecule has 12 heavy (non-hydrogen) atoms. The second-order valence-corrected chi connectivity index (χ2v) is 4.21. The monoisotopic (exact) mass is 170 g/mol. The Morgan fingerprint density at radius 2 is 2.00 bits per heavy atom. The standard InChI is InChI=1S/C10H18O2/c11-10(9-3-4-9)7-12-6-5-8-1-2-8/h8-11H,1-7H2. The van der Waals surface area contributed by atoms with E-state index in [1.54, 1.807) is 0 Å². The summed E-state index contributed by atoms with van der Waals surface area (Å²) in [5.41, 5.74) is 0. The third-order valence-corrected chi connectivity index (χ3v) is 2.82. The smallest absolute Gasteiger partial charge is 0.0801 e. The van der Waals surface area contributed by atoms with Gasteiger partial charge in [-0.1, -0.05) is 12.8 Å². The Hall–Kier alpha value is -0.0800. The van der Waals surface area contributed by atoms with Crippen molar-refractivity contribution in [2.24, 2.45) is 11.8 Å². The van der Waals surface area contributed by atoms with Crippen LogP contribution >= 0.6 is 0 Å². The lowest BCUT2D eigenvalue weighted by Gasteiger charge is -2.09. The average molecular weight is 170 g/mol. The maximum Gasteiger partial charge on any atom is 0.0801 e. The van der Waals surface area contributed by atoms with Crippen LogP contribution in [0.25, 0.3) is 0 Å². The second-order valence-electron chi connectivity index (χ2n) is 4.21. The zero-order chi connectivity index (χ0) is 8.39. The van der Waals surface area contributed by atoms with Crippen LogP contribution in [-0.4, -0.2) is 24.4 Å². The number of hydrogen-bond acceptors (Lipinski definition) is 2. The highest BCUT2D eigenvalue weighted by atomic mass is 16.5. The fourth-order valence-electron chi connectivity index (χ4n) is 1.48. The van der Waals surface area contributed by atoms with Gasteiger partial charge in [-0.05, 0) is 31.1 Å². The summed E-state index contributed by atoms with van der Waals surface area (Å²) in [6.45, 7) is 1.42. The minimum Gasteiger partial charge on any atom is -0.390 e. The summed E-state index contributed by atoms with van der Waals surface area (Å²) in [4.78, 5) is 0. The van der Waals surface area contributed by atoms with Gasteiger partial charge < -0.3 is 9.84 Å². The van der Waals surface area contributed by atoms with Gasteiger partial charge in [-0.3, -0.25) is 0 Å². The number of hydrogen-bond donors (Lipinski definition) is 1. The van der Waals surface area contributed by atoms with Crippen LogP contribution in [0.1, 0.15) is 32.1 Å². The molecular formula is C10H18O2. The van der Waals surface area contributed by atoms with Crippen molar-refractivity contribution in [2.75, 3.05) is 13.2 Å². The minimum absolute atomic E-state index is 0.177. The third kappa shape index (κ3) is 2.76. The van der Waals surface area contributed by atoms with Crippen molar-refractivity contribution < 1.29 is 9.84 Å². The van der Waals surface area contributed by atoms with Crippen LogP contribution < -0.4 is 0 Å². The fourth-order valence-corrected chi connectivity index (χ4v) is 1.48. The summed E-state index contributed by atoms with van der Waals surface area (Å²) in [7, 11) is 0. The van der Waals surface area contributed by atoms with Crippen LogP contribution in [0.5, 0.6) is 0 Å². The van der Waals surface area contributed by atoms with Crippen LogP contribution in [0.15, 0.2) is 0 Å². The lowest BCUT2D eigenvalue weighted by molar-refractivity contribution is 0.0234. The maximum absolute atomic E-state index is 9.44. The summed E-state index contributed by atoms with van der Waals surface area (Å²) in [5.74, 6) is 1.51. The third-order valence-electron chi connectivity index (χ3n) is 2.82. The number of aliphatic hydroxyl groups is 1. The van der Waals surface area contributed by atoms with Crippen molar-refractivity contribution in [2.45, 2.75) is 38.2 Å². The van der Waals surface area contributed by atoms with Crippen molar-refractivity contribution in [3.05, 3.63) is 0 Å². The van der Waals surface area contributed by atoms with Gasteiger partial charge in [0.25, 0.3) is 0 Å². The summed E-state index contributed by atoms with van der Waals surface area (Å²) in [5, 5.41) is 9.44. The van der Waals surface area contributed by atoms with Crippen molar-refractivity contribution in [3.8, 4) is 0 Å². The molecule has 1 N–H and O–H groups in total. The molecule has 0 saturated heterocycles. The fraction of sp³-hybridized carbons (Fsp3) is 1.00. The number of rotatable bonds is 6. The van der Waals surface area contributed by atoms with Crippen LogP contribution in [0.4, 0.5) is 0 Å². The molecule has 2 aliphatic rings. The van der Waals surface area contributed by atoms with Crippen LogP contribution in [0.3, 0.4) is 0 Å². The molecule has 2 fully saturated rings. The second kappa shape index (κ2) is 3.75.